The van der Waals surface area contributed by atoms with Crippen molar-refractivity contribution in [2.45, 2.75) is 12.8 Å². The van der Waals surface area contributed by atoms with Crippen molar-refractivity contribution in [2.24, 2.45) is 0 Å². The molecule has 0 N–H and O–H groups in total. The van der Waals surface area contributed by atoms with E-state index in [1.54, 1.807) is 6.20 Å². The minimum absolute atomic E-state index is 0.224. The van der Waals surface area contributed by atoms with Crippen LogP contribution in [0.25, 0.3) is 0 Å². The molecule has 0 amide bonds. The Balaban J connectivity index is 1.92. The third-order valence-corrected chi connectivity index (χ3v) is 3.42. The summed E-state index contributed by atoms with van der Waals surface area (Å²) in [5.74, 6) is 0.285. The summed E-state index contributed by atoms with van der Waals surface area (Å²) in [4.78, 5) is 21.9. The number of ether oxygens (including phenoxy) is 1. The van der Waals surface area contributed by atoms with Crippen LogP contribution in [0.2, 0.25) is 0 Å². The average molecular weight is 269 g/mol. The van der Waals surface area contributed by atoms with Crippen molar-refractivity contribution in [1.29, 1.82) is 0 Å². The highest BCUT2D eigenvalue weighted by molar-refractivity contribution is 5.86. The Bertz CT molecular complexity index is 625. The largest absolute Gasteiger partial charge is 0.464 e. The lowest BCUT2D eigenvalue weighted by Gasteiger charge is -2.30. The summed E-state index contributed by atoms with van der Waals surface area (Å²) in [5.41, 5.74) is 2.71. The van der Waals surface area contributed by atoms with Crippen LogP contribution >= 0.6 is 0 Å². The van der Waals surface area contributed by atoms with Crippen molar-refractivity contribution in [3.63, 3.8) is 0 Å². The number of hydrogen-bond donors (Lipinski definition) is 0. The first kappa shape index (κ1) is 12.6. The van der Waals surface area contributed by atoms with E-state index in [4.69, 9.17) is 0 Å². The molecule has 0 unspecified atom stereocenters. The predicted molar refractivity (Wildman–Crippen MR) is 75.1 cm³/mol. The minimum atomic E-state index is -0.469. The monoisotopic (exact) mass is 269 g/mol. The summed E-state index contributed by atoms with van der Waals surface area (Å²) < 4.78 is 4.62. The van der Waals surface area contributed by atoms with Crippen molar-refractivity contribution in [3.8, 4) is 0 Å². The second-order valence-electron chi connectivity index (χ2n) is 4.64. The molecule has 0 spiro atoms. The molecule has 20 heavy (non-hydrogen) atoms. The summed E-state index contributed by atoms with van der Waals surface area (Å²) in [6.07, 6.45) is 5.24. The fourth-order valence-electron chi connectivity index (χ4n) is 2.44. The molecule has 0 fully saturated rings. The lowest BCUT2D eigenvalue weighted by Crippen LogP contribution is -2.25. The molecular weight excluding hydrogens is 254 g/mol. The van der Waals surface area contributed by atoms with E-state index in [1.807, 2.05) is 12.1 Å². The van der Waals surface area contributed by atoms with Gasteiger partial charge in [0.05, 0.1) is 19.5 Å². The second-order valence-corrected chi connectivity index (χ2v) is 4.64. The standard InChI is InChI=1S/C15H15N3O2/c1-20-15(19)12-9-17-14(10-16-12)18-8-4-6-11-5-2-3-7-13(11)18/h2-3,5,7,9-10H,4,6,8H2,1H3. The number of aromatic nitrogens is 2. The number of hydrogen-bond acceptors (Lipinski definition) is 5. The quantitative estimate of drug-likeness (QED) is 0.783. The van der Waals surface area contributed by atoms with Crippen LogP contribution in [0.1, 0.15) is 22.5 Å². The molecule has 1 aromatic carbocycles. The highest BCUT2D eigenvalue weighted by Crippen LogP contribution is 2.31. The number of anilines is 2. The van der Waals surface area contributed by atoms with Gasteiger partial charge >= 0.3 is 5.97 Å². The van der Waals surface area contributed by atoms with Crippen molar-refractivity contribution < 1.29 is 9.53 Å². The SMILES string of the molecule is COC(=O)c1cnc(N2CCCc3ccccc32)cn1. The maximum atomic E-state index is 11.4. The summed E-state index contributed by atoms with van der Waals surface area (Å²) in [5, 5.41) is 0. The summed E-state index contributed by atoms with van der Waals surface area (Å²) in [7, 11) is 1.33. The van der Waals surface area contributed by atoms with Crippen molar-refractivity contribution in [2.75, 3.05) is 18.6 Å². The van der Waals surface area contributed by atoms with Gasteiger partial charge in [-0.2, -0.15) is 0 Å². The highest BCUT2D eigenvalue weighted by Gasteiger charge is 2.19. The van der Waals surface area contributed by atoms with Gasteiger partial charge in [0.2, 0.25) is 0 Å². The molecule has 0 bridgehead atoms. The minimum Gasteiger partial charge on any atom is -0.464 e. The van der Waals surface area contributed by atoms with Gasteiger partial charge in [0.1, 0.15) is 0 Å². The highest BCUT2D eigenvalue weighted by atomic mass is 16.5. The Morgan fingerprint density at radius 3 is 2.85 bits per heavy atom. The van der Waals surface area contributed by atoms with E-state index < -0.39 is 5.97 Å². The molecule has 2 heterocycles. The first-order chi connectivity index (χ1) is 9.79. The van der Waals surface area contributed by atoms with E-state index in [9.17, 15) is 4.79 Å². The van der Waals surface area contributed by atoms with Gasteiger partial charge in [-0.1, -0.05) is 18.2 Å². The maximum absolute atomic E-state index is 11.4. The number of carbonyl (C=O) groups is 1. The Morgan fingerprint density at radius 1 is 1.25 bits per heavy atom. The average Bonchev–Trinajstić information content (AvgIpc) is 2.54. The predicted octanol–water partition coefficient (Wildman–Crippen LogP) is 2.35. The van der Waals surface area contributed by atoms with Crippen LogP contribution < -0.4 is 4.90 Å². The van der Waals surface area contributed by atoms with E-state index in [2.05, 4.69) is 31.7 Å². The Morgan fingerprint density at radius 2 is 2.10 bits per heavy atom. The van der Waals surface area contributed by atoms with Crippen molar-refractivity contribution in [3.05, 3.63) is 47.9 Å². The molecule has 5 heteroatoms. The van der Waals surface area contributed by atoms with Gasteiger partial charge in [-0.05, 0) is 24.5 Å². The number of fused-ring (bicyclic) bond motifs is 1. The first-order valence-corrected chi connectivity index (χ1v) is 6.55. The topological polar surface area (TPSA) is 55.3 Å². The molecule has 0 aliphatic carbocycles. The number of carbonyl (C=O) groups excluding carboxylic acids is 1. The number of methoxy groups -OCH3 is 1. The van der Waals surface area contributed by atoms with Crippen LogP contribution in [0.3, 0.4) is 0 Å². The lowest BCUT2D eigenvalue weighted by molar-refractivity contribution is 0.0593. The molecular formula is C15H15N3O2. The van der Waals surface area contributed by atoms with Gasteiger partial charge in [0.25, 0.3) is 0 Å². The first-order valence-electron chi connectivity index (χ1n) is 6.55. The van der Waals surface area contributed by atoms with Gasteiger partial charge in [0, 0.05) is 12.2 Å². The molecule has 0 radical (unpaired) electrons. The molecule has 1 aliphatic rings. The molecule has 1 aromatic heterocycles. The number of rotatable bonds is 2. The molecule has 5 nitrogen and oxygen atoms in total. The fourth-order valence-corrected chi connectivity index (χ4v) is 2.44. The zero-order valence-corrected chi connectivity index (χ0v) is 11.2. The van der Waals surface area contributed by atoms with Crippen LogP contribution in [0.15, 0.2) is 36.7 Å². The summed E-state index contributed by atoms with van der Waals surface area (Å²) >= 11 is 0. The van der Waals surface area contributed by atoms with Crippen LogP contribution in [0.4, 0.5) is 11.5 Å². The third kappa shape index (κ3) is 2.22. The Labute approximate surface area is 117 Å². The van der Waals surface area contributed by atoms with E-state index in [0.717, 1.165) is 25.2 Å². The maximum Gasteiger partial charge on any atom is 0.358 e. The number of benzene rings is 1. The summed E-state index contributed by atoms with van der Waals surface area (Å²) in [6.45, 7) is 0.906. The molecule has 0 saturated carbocycles. The van der Waals surface area contributed by atoms with Crippen LogP contribution in [0, 0.1) is 0 Å². The van der Waals surface area contributed by atoms with Crippen LogP contribution in [-0.2, 0) is 11.2 Å². The molecule has 0 atom stereocenters. The van der Waals surface area contributed by atoms with E-state index in [-0.39, 0.29) is 5.69 Å². The number of esters is 1. The Hall–Kier alpha value is -2.43. The van der Waals surface area contributed by atoms with Crippen LogP contribution in [-0.4, -0.2) is 29.6 Å². The van der Waals surface area contributed by atoms with E-state index >= 15 is 0 Å². The van der Waals surface area contributed by atoms with Gasteiger partial charge in [-0.3, -0.25) is 0 Å². The smallest absolute Gasteiger partial charge is 0.358 e. The lowest BCUT2D eigenvalue weighted by atomic mass is 10.0. The Kier molecular flexibility index (Phi) is 3.33. The molecule has 102 valence electrons. The van der Waals surface area contributed by atoms with Gasteiger partial charge in [0.15, 0.2) is 11.5 Å². The normalized spacial score (nSPS) is 13.8. The number of para-hydroxylation sites is 1. The van der Waals surface area contributed by atoms with Crippen molar-refractivity contribution in [1.82, 2.24) is 9.97 Å². The zero-order valence-electron chi connectivity index (χ0n) is 11.2. The van der Waals surface area contributed by atoms with Crippen LogP contribution in [0.5, 0.6) is 0 Å². The molecule has 3 rings (SSSR count). The van der Waals surface area contributed by atoms with Crippen molar-refractivity contribution >= 4 is 17.5 Å². The van der Waals surface area contributed by atoms with Gasteiger partial charge < -0.3 is 9.64 Å². The van der Waals surface area contributed by atoms with Gasteiger partial charge in [-0.15, -0.1) is 0 Å². The zero-order chi connectivity index (χ0) is 13.9. The third-order valence-electron chi connectivity index (χ3n) is 3.42. The summed E-state index contributed by atoms with van der Waals surface area (Å²) in [6, 6.07) is 8.30. The molecule has 0 saturated heterocycles. The number of nitrogens with zero attached hydrogens (tertiary/aromatic N) is 3. The molecule has 2 aromatic rings. The fraction of sp³-hybridized carbons (Fsp3) is 0.267. The number of aryl methyl sites for hydroxylation is 1. The van der Waals surface area contributed by atoms with E-state index in [1.165, 1.54) is 24.6 Å². The second kappa shape index (κ2) is 5.28. The molecule has 1 aliphatic heterocycles. The van der Waals surface area contributed by atoms with Gasteiger partial charge in [-0.25, -0.2) is 14.8 Å². The van der Waals surface area contributed by atoms with E-state index in [0.29, 0.717) is 0 Å².